The van der Waals surface area contributed by atoms with E-state index in [9.17, 15) is 22.4 Å². The second-order valence-corrected chi connectivity index (χ2v) is 5.91. The molecule has 27 heavy (non-hydrogen) atoms. The number of pyridine rings is 1. The minimum absolute atomic E-state index is 0.0983. The summed E-state index contributed by atoms with van der Waals surface area (Å²) in [6, 6.07) is 6.22. The SMILES string of the molecule is CNC(=O)c1cc(F)cc2nc(-c3c[nH]c4c(F)c(F)c(F)cc34)ccc12. The van der Waals surface area contributed by atoms with Crippen molar-refractivity contribution < 1.29 is 22.4 Å². The molecule has 0 radical (unpaired) electrons. The molecule has 0 bridgehead atoms. The number of carbonyl (C=O) groups is 1. The van der Waals surface area contributed by atoms with Gasteiger partial charge in [-0.25, -0.2) is 22.5 Å². The Bertz CT molecular complexity index is 1230. The third kappa shape index (κ3) is 2.61. The van der Waals surface area contributed by atoms with Crippen LogP contribution in [0.2, 0.25) is 0 Å². The second kappa shape index (κ2) is 6.08. The average Bonchev–Trinajstić information content (AvgIpc) is 3.08. The number of rotatable bonds is 2. The smallest absolute Gasteiger partial charge is 0.251 e. The summed E-state index contributed by atoms with van der Waals surface area (Å²) in [5.41, 5.74) is 0.715. The molecule has 8 heteroatoms. The van der Waals surface area contributed by atoms with Gasteiger partial charge in [0.2, 0.25) is 0 Å². The van der Waals surface area contributed by atoms with Gasteiger partial charge in [0.1, 0.15) is 5.82 Å². The molecule has 1 amide bonds. The van der Waals surface area contributed by atoms with Gasteiger partial charge in [0.25, 0.3) is 5.91 Å². The van der Waals surface area contributed by atoms with E-state index in [2.05, 4.69) is 15.3 Å². The summed E-state index contributed by atoms with van der Waals surface area (Å²) in [7, 11) is 1.43. The lowest BCUT2D eigenvalue weighted by Crippen LogP contribution is -2.18. The monoisotopic (exact) mass is 373 g/mol. The number of nitrogens with zero attached hydrogens (tertiary/aromatic N) is 1. The fourth-order valence-corrected chi connectivity index (χ4v) is 3.06. The first-order valence-electron chi connectivity index (χ1n) is 7.88. The Balaban J connectivity index is 1.96. The molecule has 0 saturated heterocycles. The highest BCUT2D eigenvalue weighted by Gasteiger charge is 2.19. The number of carbonyl (C=O) groups excluding carboxylic acids is 1. The Labute approximate surface area is 149 Å². The molecule has 4 rings (SSSR count). The maximum atomic E-state index is 13.9. The van der Waals surface area contributed by atoms with E-state index in [0.29, 0.717) is 10.9 Å². The van der Waals surface area contributed by atoms with E-state index in [0.717, 1.165) is 18.2 Å². The van der Waals surface area contributed by atoms with Gasteiger partial charge in [-0.1, -0.05) is 0 Å². The number of aromatic amines is 1. The molecule has 2 aromatic carbocycles. The van der Waals surface area contributed by atoms with Gasteiger partial charge in [-0.05, 0) is 24.3 Å². The number of benzene rings is 2. The van der Waals surface area contributed by atoms with Gasteiger partial charge in [-0.2, -0.15) is 0 Å². The molecule has 0 fully saturated rings. The van der Waals surface area contributed by atoms with Crippen molar-refractivity contribution in [3.05, 3.63) is 65.4 Å². The van der Waals surface area contributed by atoms with Crippen LogP contribution < -0.4 is 5.32 Å². The Morgan fingerprint density at radius 1 is 1.04 bits per heavy atom. The first-order chi connectivity index (χ1) is 12.9. The number of fused-ring (bicyclic) bond motifs is 2. The highest BCUT2D eigenvalue weighted by atomic mass is 19.2. The van der Waals surface area contributed by atoms with E-state index < -0.39 is 29.2 Å². The van der Waals surface area contributed by atoms with Gasteiger partial charge < -0.3 is 10.3 Å². The quantitative estimate of drug-likeness (QED) is 0.407. The van der Waals surface area contributed by atoms with Crippen LogP contribution in [0.1, 0.15) is 10.4 Å². The van der Waals surface area contributed by atoms with E-state index in [1.807, 2.05) is 0 Å². The molecular weight excluding hydrogens is 362 g/mol. The summed E-state index contributed by atoms with van der Waals surface area (Å²) in [6.07, 6.45) is 1.36. The minimum atomic E-state index is -1.57. The second-order valence-electron chi connectivity index (χ2n) is 5.91. The molecule has 2 N–H and O–H groups in total. The normalized spacial score (nSPS) is 11.3. The summed E-state index contributed by atoms with van der Waals surface area (Å²) < 4.78 is 54.9. The first kappa shape index (κ1) is 17.0. The summed E-state index contributed by atoms with van der Waals surface area (Å²) in [5, 5.41) is 2.95. The van der Waals surface area contributed by atoms with Crippen LogP contribution >= 0.6 is 0 Å². The van der Waals surface area contributed by atoms with Gasteiger partial charge in [0, 0.05) is 35.6 Å². The van der Waals surface area contributed by atoms with E-state index in [1.165, 1.54) is 19.3 Å². The van der Waals surface area contributed by atoms with Crippen molar-refractivity contribution in [1.82, 2.24) is 15.3 Å². The zero-order chi connectivity index (χ0) is 19.3. The summed E-state index contributed by atoms with van der Waals surface area (Å²) in [6.45, 7) is 0. The lowest BCUT2D eigenvalue weighted by molar-refractivity contribution is 0.0964. The molecule has 2 heterocycles. The third-order valence-corrected chi connectivity index (χ3v) is 4.33. The van der Waals surface area contributed by atoms with Crippen molar-refractivity contribution in [2.45, 2.75) is 0 Å². The standard InChI is InChI=1S/C19H11F4N3O/c1-24-19(27)11-4-8(20)5-15-9(11)2-3-14(26-15)12-7-25-18-10(12)6-13(21)16(22)17(18)23/h2-7,25H,1H3,(H,24,27). The van der Waals surface area contributed by atoms with Crippen LogP contribution in [-0.4, -0.2) is 22.9 Å². The summed E-state index contributed by atoms with van der Waals surface area (Å²) in [5.74, 6) is -5.34. The first-order valence-corrected chi connectivity index (χ1v) is 7.88. The van der Waals surface area contributed by atoms with Gasteiger partial charge in [-0.15, -0.1) is 0 Å². The average molecular weight is 373 g/mol. The van der Waals surface area contributed by atoms with Crippen LogP contribution in [0.5, 0.6) is 0 Å². The van der Waals surface area contributed by atoms with E-state index >= 15 is 0 Å². The van der Waals surface area contributed by atoms with E-state index in [1.54, 1.807) is 6.07 Å². The Kier molecular flexibility index (Phi) is 3.83. The van der Waals surface area contributed by atoms with Crippen molar-refractivity contribution >= 4 is 27.7 Å². The van der Waals surface area contributed by atoms with Gasteiger partial charge in [-0.3, -0.25) is 4.79 Å². The number of halogens is 4. The Morgan fingerprint density at radius 2 is 1.81 bits per heavy atom. The predicted octanol–water partition coefficient (Wildman–Crippen LogP) is 4.30. The van der Waals surface area contributed by atoms with Crippen LogP contribution in [0.4, 0.5) is 17.6 Å². The number of hydrogen-bond acceptors (Lipinski definition) is 2. The third-order valence-electron chi connectivity index (χ3n) is 4.33. The molecule has 0 spiro atoms. The van der Waals surface area contributed by atoms with Crippen molar-refractivity contribution in [3.8, 4) is 11.3 Å². The number of hydrogen-bond donors (Lipinski definition) is 2. The zero-order valence-electron chi connectivity index (χ0n) is 13.8. The molecule has 4 nitrogen and oxygen atoms in total. The lowest BCUT2D eigenvalue weighted by atomic mass is 10.0. The highest BCUT2D eigenvalue weighted by molar-refractivity contribution is 6.07. The maximum absolute atomic E-state index is 13.9. The molecule has 4 aromatic rings. The predicted molar refractivity (Wildman–Crippen MR) is 92.3 cm³/mol. The van der Waals surface area contributed by atoms with Crippen LogP contribution in [0.25, 0.3) is 33.1 Å². The van der Waals surface area contributed by atoms with E-state index in [-0.39, 0.29) is 27.7 Å². The van der Waals surface area contributed by atoms with Crippen LogP contribution in [0.15, 0.2) is 36.5 Å². The molecule has 0 saturated carbocycles. The zero-order valence-corrected chi connectivity index (χ0v) is 13.8. The van der Waals surface area contributed by atoms with Crippen molar-refractivity contribution in [2.24, 2.45) is 0 Å². The van der Waals surface area contributed by atoms with Crippen LogP contribution in [0.3, 0.4) is 0 Å². The molecule has 0 atom stereocenters. The van der Waals surface area contributed by atoms with E-state index in [4.69, 9.17) is 0 Å². The van der Waals surface area contributed by atoms with Crippen LogP contribution in [0, 0.1) is 23.3 Å². The number of nitrogens with one attached hydrogen (secondary N) is 2. The van der Waals surface area contributed by atoms with Gasteiger partial charge in [0.05, 0.1) is 22.3 Å². The molecule has 0 unspecified atom stereocenters. The molecule has 136 valence electrons. The minimum Gasteiger partial charge on any atom is -0.358 e. The van der Waals surface area contributed by atoms with Crippen molar-refractivity contribution in [2.75, 3.05) is 7.05 Å². The molecule has 0 aliphatic carbocycles. The largest absolute Gasteiger partial charge is 0.358 e. The van der Waals surface area contributed by atoms with Crippen molar-refractivity contribution in [1.29, 1.82) is 0 Å². The molecular formula is C19H11F4N3O. The maximum Gasteiger partial charge on any atom is 0.251 e. The number of aromatic nitrogens is 2. The highest BCUT2D eigenvalue weighted by Crippen LogP contribution is 2.32. The molecule has 2 aromatic heterocycles. The lowest BCUT2D eigenvalue weighted by Gasteiger charge is -2.07. The van der Waals surface area contributed by atoms with Gasteiger partial charge >= 0.3 is 0 Å². The topological polar surface area (TPSA) is 57.8 Å². The molecule has 0 aliphatic heterocycles. The summed E-state index contributed by atoms with van der Waals surface area (Å²) >= 11 is 0. The summed E-state index contributed by atoms with van der Waals surface area (Å²) in [4.78, 5) is 18.8. The Morgan fingerprint density at radius 3 is 2.56 bits per heavy atom. The van der Waals surface area contributed by atoms with Crippen LogP contribution in [-0.2, 0) is 0 Å². The van der Waals surface area contributed by atoms with Crippen molar-refractivity contribution in [3.63, 3.8) is 0 Å². The number of H-pyrrole nitrogens is 1. The number of amides is 1. The van der Waals surface area contributed by atoms with Gasteiger partial charge in [0.15, 0.2) is 17.5 Å². The Hall–Kier alpha value is -3.42. The molecule has 0 aliphatic rings. The fraction of sp³-hybridized carbons (Fsp3) is 0.0526. The fourth-order valence-electron chi connectivity index (χ4n) is 3.06.